The lowest BCUT2D eigenvalue weighted by molar-refractivity contribution is 0.0789. The molecular formula is C21H18ClFN2O3S. The topological polar surface area (TPSA) is 69.6 Å². The van der Waals surface area contributed by atoms with Crippen molar-refractivity contribution >= 4 is 39.8 Å². The Hall–Kier alpha value is -2.90. The van der Waals surface area contributed by atoms with Gasteiger partial charge in [-0.1, -0.05) is 23.7 Å². The molecule has 8 heteroatoms. The van der Waals surface area contributed by atoms with Gasteiger partial charge in [0.25, 0.3) is 11.8 Å². The maximum atomic E-state index is 13.2. The molecule has 1 aromatic heterocycles. The summed E-state index contributed by atoms with van der Waals surface area (Å²) in [6, 6.07) is 11.9. The minimum atomic E-state index is -0.525. The molecule has 0 spiro atoms. The van der Waals surface area contributed by atoms with Crippen LogP contribution in [0.1, 0.15) is 31.2 Å². The molecule has 0 fully saturated rings. The number of nitrogens with one attached hydrogen (secondary N) is 1. The van der Waals surface area contributed by atoms with E-state index in [4.69, 9.17) is 11.6 Å². The molecule has 0 radical (unpaired) electrons. The Bertz CT molecular complexity index is 1070. The zero-order valence-corrected chi connectivity index (χ0v) is 17.3. The summed E-state index contributed by atoms with van der Waals surface area (Å²) in [6.07, 6.45) is 0. The number of hydrogen-bond acceptors (Lipinski definition) is 4. The Morgan fingerprint density at radius 2 is 1.86 bits per heavy atom. The molecular weight excluding hydrogens is 415 g/mol. The Kier molecular flexibility index (Phi) is 6.20. The van der Waals surface area contributed by atoms with Crippen LogP contribution in [0.5, 0.6) is 5.75 Å². The average molecular weight is 433 g/mol. The minimum absolute atomic E-state index is 0.0145. The van der Waals surface area contributed by atoms with Gasteiger partial charge in [-0.2, -0.15) is 0 Å². The van der Waals surface area contributed by atoms with E-state index in [0.29, 0.717) is 16.4 Å². The van der Waals surface area contributed by atoms with Gasteiger partial charge in [-0.25, -0.2) is 4.39 Å². The number of amides is 2. The Balaban J connectivity index is 1.72. The molecule has 0 bridgehead atoms. The number of benzene rings is 2. The van der Waals surface area contributed by atoms with Crippen molar-refractivity contribution in [1.82, 2.24) is 4.90 Å². The normalized spacial score (nSPS) is 10.6. The number of anilines is 1. The van der Waals surface area contributed by atoms with Gasteiger partial charge in [0.2, 0.25) is 0 Å². The molecule has 29 heavy (non-hydrogen) atoms. The number of phenolic OH excluding ortho intramolecular Hbond substituents is 1. The second-order valence-electron chi connectivity index (χ2n) is 6.53. The molecule has 0 aliphatic carbocycles. The molecule has 5 nitrogen and oxygen atoms in total. The molecule has 2 aromatic carbocycles. The zero-order chi connectivity index (χ0) is 21.1. The number of carbonyl (C=O) groups is 2. The van der Waals surface area contributed by atoms with Crippen LogP contribution in [0.2, 0.25) is 5.02 Å². The van der Waals surface area contributed by atoms with E-state index in [9.17, 15) is 19.1 Å². The predicted octanol–water partition coefficient (Wildman–Crippen LogP) is 5.08. The van der Waals surface area contributed by atoms with E-state index in [-0.39, 0.29) is 22.2 Å². The van der Waals surface area contributed by atoms with E-state index in [1.54, 1.807) is 49.2 Å². The number of phenols is 1. The Labute approximate surface area is 176 Å². The third kappa shape index (κ3) is 4.93. The van der Waals surface area contributed by atoms with E-state index in [1.165, 1.54) is 6.07 Å². The molecule has 3 rings (SSSR count). The Morgan fingerprint density at radius 1 is 1.17 bits per heavy atom. The summed E-state index contributed by atoms with van der Waals surface area (Å²) in [6.45, 7) is 2.17. The van der Waals surface area contributed by atoms with Gasteiger partial charge in [0, 0.05) is 13.6 Å². The van der Waals surface area contributed by atoms with Crippen molar-refractivity contribution in [2.24, 2.45) is 0 Å². The number of carbonyl (C=O) groups excluding carboxylic acids is 2. The first-order valence-electron chi connectivity index (χ1n) is 8.65. The predicted molar refractivity (Wildman–Crippen MR) is 112 cm³/mol. The smallest absolute Gasteiger partial charge is 0.264 e. The lowest BCUT2D eigenvalue weighted by Crippen LogP contribution is -2.25. The summed E-state index contributed by atoms with van der Waals surface area (Å²) in [5, 5.41) is 12.6. The number of nitrogens with zero attached hydrogens (tertiary/aromatic N) is 1. The first kappa shape index (κ1) is 20.8. The molecule has 1 heterocycles. The van der Waals surface area contributed by atoms with Crippen LogP contribution in [-0.4, -0.2) is 28.9 Å². The van der Waals surface area contributed by atoms with Gasteiger partial charge in [0.1, 0.15) is 11.6 Å². The van der Waals surface area contributed by atoms with Crippen LogP contribution < -0.4 is 5.32 Å². The van der Waals surface area contributed by atoms with Crippen LogP contribution in [0.25, 0.3) is 0 Å². The van der Waals surface area contributed by atoms with Crippen LogP contribution in [0.3, 0.4) is 0 Å². The van der Waals surface area contributed by atoms with Crippen LogP contribution in [-0.2, 0) is 6.54 Å². The van der Waals surface area contributed by atoms with Crippen molar-refractivity contribution in [3.63, 3.8) is 0 Å². The van der Waals surface area contributed by atoms with Crippen molar-refractivity contribution in [2.75, 3.05) is 12.4 Å². The van der Waals surface area contributed by atoms with Crippen LogP contribution >= 0.6 is 22.9 Å². The average Bonchev–Trinajstić information content (AvgIpc) is 3.02. The summed E-state index contributed by atoms with van der Waals surface area (Å²) in [5.41, 5.74) is 1.77. The molecule has 0 aliphatic rings. The number of rotatable bonds is 5. The molecule has 0 atom stereocenters. The van der Waals surface area contributed by atoms with Crippen molar-refractivity contribution in [2.45, 2.75) is 13.5 Å². The fourth-order valence-electron chi connectivity index (χ4n) is 2.73. The summed E-state index contributed by atoms with van der Waals surface area (Å²) in [4.78, 5) is 27.3. The summed E-state index contributed by atoms with van der Waals surface area (Å²) >= 11 is 7.09. The lowest BCUT2D eigenvalue weighted by Gasteiger charge is -2.17. The van der Waals surface area contributed by atoms with Gasteiger partial charge in [-0.15, -0.1) is 11.3 Å². The van der Waals surface area contributed by atoms with Crippen LogP contribution in [0.4, 0.5) is 9.39 Å². The van der Waals surface area contributed by atoms with E-state index in [1.807, 2.05) is 0 Å². The third-order valence-corrected chi connectivity index (χ3v) is 5.68. The van der Waals surface area contributed by atoms with Gasteiger partial charge in [-0.05, 0) is 54.4 Å². The maximum Gasteiger partial charge on any atom is 0.264 e. The number of hydrogen-bond donors (Lipinski definition) is 2. The first-order chi connectivity index (χ1) is 13.7. The second kappa shape index (κ2) is 8.63. The lowest BCUT2D eigenvalue weighted by atomic mass is 10.2. The van der Waals surface area contributed by atoms with Crippen molar-refractivity contribution in [3.05, 3.63) is 80.9 Å². The van der Waals surface area contributed by atoms with Crippen molar-refractivity contribution in [3.8, 4) is 5.75 Å². The maximum absolute atomic E-state index is 13.2. The number of thiophene rings is 1. The molecule has 0 unspecified atom stereocenters. The second-order valence-corrected chi connectivity index (χ2v) is 7.99. The number of aromatic hydroxyl groups is 1. The highest BCUT2D eigenvalue weighted by Crippen LogP contribution is 2.29. The largest absolute Gasteiger partial charge is 0.508 e. The number of aryl methyl sites for hydroxylation is 1. The van der Waals surface area contributed by atoms with Gasteiger partial charge in [0.15, 0.2) is 0 Å². The first-order valence-corrected chi connectivity index (χ1v) is 9.84. The Morgan fingerprint density at radius 3 is 2.52 bits per heavy atom. The van der Waals surface area contributed by atoms with Crippen molar-refractivity contribution in [1.29, 1.82) is 0 Å². The summed E-state index contributed by atoms with van der Waals surface area (Å²) < 4.78 is 13.2. The van der Waals surface area contributed by atoms with Gasteiger partial charge >= 0.3 is 0 Å². The van der Waals surface area contributed by atoms with Gasteiger partial charge in [0.05, 0.1) is 20.5 Å². The molecule has 2 N–H and O–H groups in total. The van der Waals surface area contributed by atoms with Crippen LogP contribution in [0.15, 0.2) is 48.5 Å². The van der Waals surface area contributed by atoms with E-state index < -0.39 is 11.7 Å². The fraction of sp³-hybridized carbons (Fsp3) is 0.143. The molecule has 0 saturated carbocycles. The summed E-state index contributed by atoms with van der Waals surface area (Å²) in [5.74, 6) is -1.02. The van der Waals surface area contributed by atoms with Gasteiger partial charge in [-0.3, -0.25) is 9.59 Å². The van der Waals surface area contributed by atoms with E-state index >= 15 is 0 Å². The highest BCUT2D eigenvalue weighted by molar-refractivity contribution is 7.18. The molecule has 150 valence electrons. The van der Waals surface area contributed by atoms with E-state index in [2.05, 4.69) is 5.32 Å². The third-order valence-electron chi connectivity index (χ3n) is 4.23. The van der Waals surface area contributed by atoms with Crippen LogP contribution in [0, 0.1) is 12.7 Å². The van der Waals surface area contributed by atoms with Gasteiger partial charge < -0.3 is 15.3 Å². The highest BCUT2D eigenvalue weighted by atomic mass is 35.5. The SMILES string of the molecule is Cc1cc(NC(=O)c2ccc(F)cc2Cl)sc1C(=O)N(C)Cc1ccc(O)cc1. The minimum Gasteiger partial charge on any atom is -0.508 e. The standard InChI is InChI=1S/C21H18ClFN2O3S/c1-12-9-18(24-20(27)16-8-5-14(23)10-17(16)22)29-19(12)21(28)25(2)11-13-3-6-15(26)7-4-13/h3-10,26H,11H2,1-2H3,(H,24,27). The fourth-order valence-corrected chi connectivity index (χ4v) is 4.04. The molecule has 0 saturated heterocycles. The monoisotopic (exact) mass is 432 g/mol. The van der Waals surface area contributed by atoms with Crippen molar-refractivity contribution < 1.29 is 19.1 Å². The molecule has 3 aromatic rings. The quantitative estimate of drug-likeness (QED) is 0.590. The molecule has 2 amide bonds. The zero-order valence-electron chi connectivity index (χ0n) is 15.7. The summed E-state index contributed by atoms with van der Waals surface area (Å²) in [7, 11) is 1.69. The molecule has 0 aliphatic heterocycles. The highest BCUT2D eigenvalue weighted by Gasteiger charge is 2.20. The number of halogens is 2. The van der Waals surface area contributed by atoms with E-state index in [0.717, 1.165) is 34.6 Å².